The second-order valence-electron chi connectivity index (χ2n) is 2.59. The lowest BCUT2D eigenvalue weighted by Crippen LogP contribution is -2.06. The fourth-order valence-electron chi connectivity index (χ4n) is 0.978. The Morgan fingerprint density at radius 3 is 2.64 bits per heavy atom. The van der Waals surface area contributed by atoms with E-state index in [0.717, 1.165) is 6.20 Å². The molecule has 0 aliphatic rings. The van der Waals surface area contributed by atoms with Crippen LogP contribution in [0.2, 0.25) is 5.02 Å². The zero-order valence-electron chi connectivity index (χ0n) is 7.09. The lowest BCUT2D eigenvalue weighted by molar-refractivity contribution is 0.0684. The average Bonchev–Trinajstić information content (AvgIpc) is 2.08. The minimum Gasteiger partial charge on any atom is -0.478 e. The van der Waals surface area contributed by atoms with Gasteiger partial charge in [0.1, 0.15) is 0 Å². The molecule has 0 saturated carbocycles. The van der Waals surface area contributed by atoms with E-state index in [1.807, 2.05) is 0 Å². The van der Waals surface area contributed by atoms with Gasteiger partial charge in [0.2, 0.25) is 0 Å². The molecule has 0 saturated heterocycles. The van der Waals surface area contributed by atoms with Crippen LogP contribution in [0, 0.1) is 6.92 Å². The maximum atomic E-state index is 12.3. The van der Waals surface area contributed by atoms with Crippen LogP contribution in [0.3, 0.4) is 0 Å². The first-order valence-corrected chi connectivity index (χ1v) is 3.99. The zero-order valence-corrected chi connectivity index (χ0v) is 7.85. The Bertz CT molecular complexity index is 382. The van der Waals surface area contributed by atoms with Crippen LogP contribution in [-0.4, -0.2) is 16.1 Å². The predicted octanol–water partition coefficient (Wildman–Crippen LogP) is 2.68. The summed E-state index contributed by atoms with van der Waals surface area (Å²) >= 11 is 5.56. The lowest BCUT2D eigenvalue weighted by atomic mass is 10.1. The highest BCUT2D eigenvalue weighted by molar-refractivity contribution is 6.34. The monoisotopic (exact) mass is 221 g/mol. The van der Waals surface area contributed by atoms with E-state index in [1.54, 1.807) is 0 Å². The van der Waals surface area contributed by atoms with Crippen LogP contribution in [0.5, 0.6) is 0 Å². The molecule has 1 N–H and O–H groups in total. The Labute approximate surface area is 83.3 Å². The summed E-state index contributed by atoms with van der Waals surface area (Å²) < 4.78 is 24.7. The molecule has 14 heavy (non-hydrogen) atoms. The first kappa shape index (κ1) is 10.8. The van der Waals surface area contributed by atoms with Crippen molar-refractivity contribution in [3.05, 3.63) is 28.0 Å². The number of alkyl halides is 2. The van der Waals surface area contributed by atoms with Crippen molar-refractivity contribution in [2.24, 2.45) is 0 Å². The maximum Gasteiger partial charge on any atom is 0.337 e. The molecular formula is C8H6ClF2NO2. The fourth-order valence-corrected chi connectivity index (χ4v) is 1.22. The molecule has 1 aromatic rings. The summed E-state index contributed by atoms with van der Waals surface area (Å²) in [6.45, 7) is 1.45. The molecule has 1 heterocycles. The zero-order chi connectivity index (χ0) is 10.9. The molecule has 0 amide bonds. The van der Waals surface area contributed by atoms with Gasteiger partial charge >= 0.3 is 5.97 Å². The number of rotatable bonds is 2. The van der Waals surface area contributed by atoms with Crippen LogP contribution in [0.1, 0.15) is 28.0 Å². The molecule has 1 aromatic heterocycles. The summed E-state index contributed by atoms with van der Waals surface area (Å²) in [5, 5.41) is 8.43. The lowest BCUT2D eigenvalue weighted by Gasteiger charge is -2.07. The van der Waals surface area contributed by atoms with Crippen molar-refractivity contribution >= 4 is 17.6 Å². The topological polar surface area (TPSA) is 50.2 Å². The number of nitrogens with zero attached hydrogens (tertiary/aromatic N) is 1. The van der Waals surface area contributed by atoms with Crippen molar-refractivity contribution in [2.75, 3.05) is 0 Å². The van der Waals surface area contributed by atoms with Crippen molar-refractivity contribution in [3.63, 3.8) is 0 Å². The normalized spacial score (nSPS) is 10.6. The number of hydrogen-bond donors (Lipinski definition) is 1. The number of halogens is 3. The summed E-state index contributed by atoms with van der Waals surface area (Å²) in [7, 11) is 0. The third-order valence-corrected chi connectivity index (χ3v) is 2.13. The van der Waals surface area contributed by atoms with Crippen molar-refractivity contribution in [1.29, 1.82) is 0 Å². The highest BCUT2D eigenvalue weighted by Gasteiger charge is 2.22. The van der Waals surface area contributed by atoms with Gasteiger partial charge in [-0.25, -0.2) is 13.6 Å². The molecule has 0 atom stereocenters. The van der Waals surface area contributed by atoms with Crippen molar-refractivity contribution in [1.82, 2.24) is 4.98 Å². The van der Waals surface area contributed by atoms with Crippen LogP contribution in [0.4, 0.5) is 8.78 Å². The van der Waals surface area contributed by atoms with Crippen LogP contribution >= 0.6 is 11.6 Å². The third-order valence-electron chi connectivity index (χ3n) is 1.67. The van der Waals surface area contributed by atoms with E-state index in [2.05, 4.69) is 4.98 Å². The standard InChI is InChI=1S/C8H6ClF2NO2/c1-3-6(9)5(8(13)14)4(2-12-3)7(10)11/h2,7H,1H3,(H,13,14). The van der Waals surface area contributed by atoms with Crippen LogP contribution < -0.4 is 0 Å². The Morgan fingerprint density at radius 2 is 2.21 bits per heavy atom. The fraction of sp³-hybridized carbons (Fsp3) is 0.250. The van der Waals surface area contributed by atoms with E-state index in [4.69, 9.17) is 16.7 Å². The highest BCUT2D eigenvalue weighted by Crippen LogP contribution is 2.29. The number of carboxylic acids is 1. The van der Waals surface area contributed by atoms with Gasteiger partial charge in [0.05, 0.1) is 21.8 Å². The van der Waals surface area contributed by atoms with Crippen molar-refractivity contribution in [3.8, 4) is 0 Å². The molecule has 76 valence electrons. The first-order chi connectivity index (χ1) is 6.45. The molecule has 0 aromatic carbocycles. The van der Waals surface area contributed by atoms with E-state index in [1.165, 1.54) is 6.92 Å². The summed E-state index contributed by atoms with van der Waals surface area (Å²) in [6.07, 6.45) is -2.07. The van der Waals surface area contributed by atoms with E-state index >= 15 is 0 Å². The number of hydrogen-bond acceptors (Lipinski definition) is 2. The number of aromatic carboxylic acids is 1. The summed E-state index contributed by atoms with van der Waals surface area (Å²) in [5.74, 6) is -1.48. The Morgan fingerprint density at radius 1 is 1.64 bits per heavy atom. The van der Waals surface area contributed by atoms with Crippen LogP contribution in [0.25, 0.3) is 0 Å². The Balaban J connectivity index is 3.45. The maximum absolute atomic E-state index is 12.3. The second-order valence-corrected chi connectivity index (χ2v) is 2.97. The number of aryl methyl sites for hydroxylation is 1. The summed E-state index contributed by atoms with van der Waals surface area (Å²) in [4.78, 5) is 14.2. The minimum absolute atomic E-state index is 0.216. The molecule has 0 radical (unpaired) electrons. The molecular weight excluding hydrogens is 216 g/mol. The van der Waals surface area contributed by atoms with Crippen molar-refractivity contribution in [2.45, 2.75) is 13.3 Å². The SMILES string of the molecule is Cc1ncc(C(F)F)c(C(=O)O)c1Cl. The highest BCUT2D eigenvalue weighted by atomic mass is 35.5. The molecule has 3 nitrogen and oxygen atoms in total. The third kappa shape index (κ3) is 1.82. The first-order valence-electron chi connectivity index (χ1n) is 3.61. The van der Waals surface area contributed by atoms with Gasteiger partial charge in [-0.15, -0.1) is 0 Å². The van der Waals surface area contributed by atoms with Gasteiger partial charge in [-0.3, -0.25) is 4.98 Å². The average molecular weight is 222 g/mol. The van der Waals surface area contributed by atoms with Crippen LogP contribution in [0.15, 0.2) is 6.20 Å². The molecule has 0 aliphatic carbocycles. The summed E-state index contributed by atoms with van der Waals surface area (Å²) in [6, 6.07) is 0. The van der Waals surface area contributed by atoms with Gasteiger partial charge in [0.25, 0.3) is 6.43 Å². The molecule has 0 spiro atoms. The Kier molecular flexibility index (Phi) is 3.00. The minimum atomic E-state index is -2.90. The Hall–Kier alpha value is -1.23. The molecule has 0 unspecified atom stereocenters. The number of carbonyl (C=O) groups is 1. The summed E-state index contributed by atoms with van der Waals surface area (Å²) in [5.41, 5.74) is -1.02. The van der Waals surface area contributed by atoms with Gasteiger partial charge in [-0.05, 0) is 6.92 Å². The van der Waals surface area contributed by atoms with Gasteiger partial charge in [0, 0.05) is 6.20 Å². The van der Waals surface area contributed by atoms with E-state index in [-0.39, 0.29) is 10.7 Å². The van der Waals surface area contributed by atoms with E-state index in [9.17, 15) is 13.6 Å². The number of pyridine rings is 1. The largest absolute Gasteiger partial charge is 0.478 e. The van der Waals surface area contributed by atoms with Gasteiger partial charge in [-0.1, -0.05) is 11.6 Å². The quantitative estimate of drug-likeness (QED) is 0.835. The number of aromatic nitrogens is 1. The van der Waals surface area contributed by atoms with Gasteiger partial charge in [0.15, 0.2) is 0 Å². The molecule has 1 rings (SSSR count). The van der Waals surface area contributed by atoms with Crippen molar-refractivity contribution < 1.29 is 18.7 Å². The molecule has 0 bridgehead atoms. The van der Waals surface area contributed by atoms with E-state index in [0.29, 0.717) is 0 Å². The second kappa shape index (κ2) is 3.88. The smallest absolute Gasteiger partial charge is 0.337 e. The molecule has 6 heteroatoms. The van der Waals surface area contributed by atoms with Crippen LogP contribution in [-0.2, 0) is 0 Å². The van der Waals surface area contributed by atoms with Gasteiger partial charge < -0.3 is 5.11 Å². The molecule has 0 aliphatic heterocycles. The van der Waals surface area contributed by atoms with Gasteiger partial charge in [-0.2, -0.15) is 0 Å². The van der Waals surface area contributed by atoms with E-state index < -0.39 is 23.5 Å². The molecule has 0 fully saturated rings. The number of carboxylic acid groups (broad SMARTS) is 1. The predicted molar refractivity (Wildman–Crippen MR) is 45.9 cm³/mol.